The van der Waals surface area contributed by atoms with Crippen LogP contribution in [0, 0.1) is 17.1 Å². The normalized spacial score (nSPS) is 14.1. The van der Waals surface area contributed by atoms with Gasteiger partial charge in [0.1, 0.15) is 12.4 Å². The van der Waals surface area contributed by atoms with Crippen molar-refractivity contribution >= 4 is 11.6 Å². The molecule has 6 rings (SSSR count). The van der Waals surface area contributed by atoms with Crippen molar-refractivity contribution in [2.75, 3.05) is 13.1 Å². The quantitative estimate of drug-likeness (QED) is 0.246. The third-order valence-corrected chi connectivity index (χ3v) is 8.06. The van der Waals surface area contributed by atoms with Crippen LogP contribution in [0.4, 0.5) is 4.39 Å². The molecule has 1 aliphatic rings. The summed E-state index contributed by atoms with van der Waals surface area (Å²) in [7, 11) is 0. The zero-order valence-corrected chi connectivity index (χ0v) is 24.2. The van der Waals surface area contributed by atoms with Crippen LogP contribution in [-0.4, -0.2) is 58.2 Å². The van der Waals surface area contributed by atoms with Crippen molar-refractivity contribution in [3.8, 4) is 11.9 Å². The molecule has 0 atom stereocenters. The number of carboxylic acids is 1. The Kier molecular flexibility index (Phi) is 8.29. The number of carboxylic acid groups (broad SMARTS) is 1. The number of rotatable bonds is 10. The second-order valence-electron chi connectivity index (χ2n) is 10.8. The minimum absolute atomic E-state index is 0.0178. The van der Waals surface area contributed by atoms with Crippen molar-refractivity contribution in [3.63, 3.8) is 0 Å². The molecule has 12 heteroatoms. The highest BCUT2D eigenvalue weighted by atomic mass is 19.1. The maximum Gasteiger partial charge on any atom is 0.354 e. The highest BCUT2D eigenvalue weighted by Crippen LogP contribution is 2.30. The van der Waals surface area contributed by atoms with Crippen molar-refractivity contribution < 1.29 is 19.0 Å². The van der Waals surface area contributed by atoms with Crippen LogP contribution in [0.5, 0.6) is 5.88 Å². The zero-order valence-electron chi connectivity index (χ0n) is 24.2. The minimum Gasteiger partial charge on any atom is -0.477 e. The Bertz CT molecular complexity index is 1850. The predicted molar refractivity (Wildman–Crippen MR) is 158 cm³/mol. The number of benzene rings is 1. The smallest absolute Gasteiger partial charge is 0.354 e. The van der Waals surface area contributed by atoms with Gasteiger partial charge >= 0.3 is 5.97 Å². The summed E-state index contributed by atoms with van der Waals surface area (Å²) < 4.78 is 23.8. The number of nitrogens with zero attached hydrogens (tertiary/aromatic N) is 8. The Balaban J connectivity index is 1.14. The van der Waals surface area contributed by atoms with Crippen molar-refractivity contribution in [2.45, 2.75) is 51.8 Å². The van der Waals surface area contributed by atoms with Crippen molar-refractivity contribution in [1.82, 2.24) is 34.0 Å². The van der Waals surface area contributed by atoms with Gasteiger partial charge in [0.05, 0.1) is 23.7 Å². The highest BCUT2D eigenvalue weighted by molar-refractivity contribution is 5.86. The lowest BCUT2D eigenvalue weighted by atomic mass is 9.93. The van der Waals surface area contributed by atoms with E-state index in [1.807, 2.05) is 24.4 Å². The van der Waals surface area contributed by atoms with Gasteiger partial charge in [0.2, 0.25) is 5.88 Å². The van der Waals surface area contributed by atoms with Gasteiger partial charge < -0.3 is 14.4 Å². The number of hydrogen-bond donors (Lipinski definition) is 1. The lowest BCUT2D eigenvalue weighted by Crippen LogP contribution is -2.33. The average Bonchev–Trinajstić information content (AvgIpc) is 3.64. The molecule has 11 nitrogen and oxygen atoms in total. The van der Waals surface area contributed by atoms with Crippen molar-refractivity contribution in [1.29, 1.82) is 5.26 Å². The van der Waals surface area contributed by atoms with Crippen LogP contribution in [0.2, 0.25) is 0 Å². The number of likely N-dealkylation sites (tertiary alicyclic amines) is 1. The van der Waals surface area contributed by atoms with Gasteiger partial charge in [-0.05, 0) is 57.1 Å². The molecular weight excluding hydrogens is 563 g/mol. The third kappa shape index (κ3) is 6.14. The Morgan fingerprint density at radius 2 is 2.02 bits per heavy atom. The van der Waals surface area contributed by atoms with Crippen LogP contribution in [0.25, 0.3) is 5.65 Å². The largest absolute Gasteiger partial charge is 0.477 e. The first-order valence-electron chi connectivity index (χ1n) is 14.5. The molecule has 1 aliphatic heterocycles. The van der Waals surface area contributed by atoms with Crippen molar-refractivity contribution in [2.24, 2.45) is 0 Å². The third-order valence-electron chi connectivity index (χ3n) is 8.06. The molecule has 5 aromatic rings. The lowest BCUT2D eigenvalue weighted by molar-refractivity contribution is 0.0690. The van der Waals surface area contributed by atoms with Gasteiger partial charge in [-0.25, -0.2) is 28.7 Å². The molecule has 0 amide bonds. The molecule has 4 aromatic heterocycles. The number of halogens is 1. The number of imidazole rings is 1. The molecule has 44 heavy (non-hydrogen) atoms. The predicted octanol–water partition coefficient (Wildman–Crippen LogP) is 4.60. The summed E-state index contributed by atoms with van der Waals surface area (Å²) in [6.07, 6.45) is 7.61. The molecule has 5 heterocycles. The number of aryl methyl sites for hydroxylation is 1. The van der Waals surface area contributed by atoms with Gasteiger partial charge in [0.15, 0.2) is 11.3 Å². The fourth-order valence-corrected chi connectivity index (χ4v) is 5.63. The topological polar surface area (TPSA) is 134 Å². The number of hydrogen-bond acceptors (Lipinski definition) is 8. The molecular formula is C32H31FN8O3. The summed E-state index contributed by atoms with van der Waals surface area (Å²) in [5, 5.41) is 23.3. The number of piperidine rings is 1. The summed E-state index contributed by atoms with van der Waals surface area (Å²) in [4.78, 5) is 27.4. The van der Waals surface area contributed by atoms with E-state index in [2.05, 4.69) is 26.4 Å². The molecule has 1 fully saturated rings. The monoisotopic (exact) mass is 594 g/mol. The van der Waals surface area contributed by atoms with Crippen LogP contribution in [0.3, 0.4) is 0 Å². The van der Waals surface area contributed by atoms with Crippen LogP contribution < -0.4 is 4.74 Å². The molecule has 1 saturated heterocycles. The van der Waals surface area contributed by atoms with E-state index >= 15 is 0 Å². The number of aromatic carboxylic acids is 1. The summed E-state index contributed by atoms with van der Waals surface area (Å²) >= 11 is 0. The Morgan fingerprint density at radius 1 is 1.18 bits per heavy atom. The maximum atomic E-state index is 14.3. The summed E-state index contributed by atoms with van der Waals surface area (Å²) in [5.41, 5.74) is 4.87. The fourth-order valence-electron chi connectivity index (χ4n) is 5.63. The number of fused-ring (bicyclic) bond motifs is 1. The van der Waals surface area contributed by atoms with E-state index in [0.717, 1.165) is 55.1 Å². The number of nitriles is 1. The van der Waals surface area contributed by atoms with E-state index in [4.69, 9.17) is 20.1 Å². The summed E-state index contributed by atoms with van der Waals surface area (Å²) in [6, 6.07) is 13.4. The van der Waals surface area contributed by atoms with E-state index in [-0.39, 0.29) is 23.8 Å². The van der Waals surface area contributed by atoms with Crippen LogP contribution >= 0.6 is 0 Å². The molecule has 1 aromatic carbocycles. The molecule has 0 unspecified atom stereocenters. The van der Waals surface area contributed by atoms with E-state index < -0.39 is 11.8 Å². The van der Waals surface area contributed by atoms with Gasteiger partial charge in [-0.2, -0.15) is 10.4 Å². The first kappa shape index (κ1) is 28.9. The second-order valence-corrected chi connectivity index (χ2v) is 10.8. The maximum absolute atomic E-state index is 14.3. The standard InChI is InChI=1S/C32H31FN8O3/c1-2-40-20-35-17-24(40)15-25-29(38-41-13-10-28(32(42)43)37-31(25)41)18-39-11-8-22(9-12-39)27-4-3-5-30(36-27)44-19-23-7-6-21(16-34)14-26(23)33/h3-7,10,13-14,17,20,22H,2,8-9,11-12,15,18-19H2,1H3,(H,42,43). The Labute approximate surface area is 253 Å². The number of ether oxygens (including phenoxy) is 1. The van der Waals surface area contributed by atoms with Gasteiger partial charge in [-0.3, -0.25) is 4.90 Å². The molecule has 0 saturated carbocycles. The van der Waals surface area contributed by atoms with Gasteiger partial charge in [0, 0.05) is 66.4 Å². The van der Waals surface area contributed by atoms with E-state index in [1.54, 1.807) is 35.2 Å². The molecule has 0 radical (unpaired) electrons. The van der Waals surface area contributed by atoms with Crippen LogP contribution in [0.15, 0.2) is 61.2 Å². The van der Waals surface area contributed by atoms with Crippen LogP contribution in [-0.2, 0) is 26.1 Å². The summed E-state index contributed by atoms with van der Waals surface area (Å²) in [6.45, 7) is 5.14. The van der Waals surface area contributed by atoms with E-state index in [1.165, 1.54) is 12.1 Å². The number of pyridine rings is 1. The van der Waals surface area contributed by atoms with E-state index in [9.17, 15) is 14.3 Å². The first-order valence-corrected chi connectivity index (χ1v) is 14.5. The SMILES string of the molecule is CCn1cncc1Cc1c(CN2CCC(c3cccc(OCc4ccc(C#N)cc4F)n3)CC2)nn2ccc(C(=O)O)nc12. The Morgan fingerprint density at radius 3 is 2.77 bits per heavy atom. The molecule has 0 aliphatic carbocycles. The van der Waals surface area contributed by atoms with Crippen molar-refractivity contribution in [3.05, 3.63) is 106 Å². The number of carbonyl (C=O) groups is 1. The average molecular weight is 595 g/mol. The van der Waals surface area contributed by atoms with Gasteiger partial charge in [0.25, 0.3) is 0 Å². The molecule has 224 valence electrons. The molecule has 0 bridgehead atoms. The zero-order chi connectivity index (χ0) is 30.6. The van der Waals surface area contributed by atoms with Gasteiger partial charge in [-0.1, -0.05) is 12.1 Å². The fraction of sp³-hybridized carbons (Fsp3) is 0.312. The first-order chi connectivity index (χ1) is 21.4. The Hall–Kier alpha value is -5.15. The summed E-state index contributed by atoms with van der Waals surface area (Å²) in [5.74, 6) is -0.870. The molecule has 1 N–H and O–H groups in total. The van der Waals surface area contributed by atoms with Crippen LogP contribution in [0.1, 0.15) is 69.9 Å². The highest BCUT2D eigenvalue weighted by Gasteiger charge is 2.25. The lowest BCUT2D eigenvalue weighted by Gasteiger charge is -2.31. The minimum atomic E-state index is -1.08. The number of aromatic nitrogens is 6. The second kappa shape index (κ2) is 12.6. The van der Waals surface area contributed by atoms with Gasteiger partial charge in [-0.15, -0.1) is 0 Å². The molecule has 0 spiro atoms. The van der Waals surface area contributed by atoms with E-state index in [0.29, 0.717) is 30.1 Å².